The standard InChI is InChI=1S/C19H24F4N4O3S/c20-14-2-1-3-15(24)13(14)11-27(7-4-12-5-8-31(29,30)9-6-12)18(28)16-10-17(26-25-16)19(21,22)23/h2,10,12H,1,3-9,11,24H2,(H,25,26). The molecule has 2 aliphatic rings. The normalized spacial score (nSPS) is 19.9. The van der Waals surface area contributed by atoms with Gasteiger partial charge in [-0.3, -0.25) is 9.89 Å². The van der Waals surface area contributed by atoms with Crippen molar-refractivity contribution >= 4 is 15.7 Å². The van der Waals surface area contributed by atoms with E-state index in [2.05, 4.69) is 5.10 Å². The van der Waals surface area contributed by atoms with Gasteiger partial charge in [-0.25, -0.2) is 12.8 Å². The van der Waals surface area contributed by atoms with Crippen LogP contribution in [0.25, 0.3) is 0 Å². The summed E-state index contributed by atoms with van der Waals surface area (Å²) in [4.78, 5) is 14.1. The summed E-state index contributed by atoms with van der Waals surface area (Å²) in [5, 5.41) is 5.28. The summed E-state index contributed by atoms with van der Waals surface area (Å²) in [6.45, 7) is -0.0892. The first-order valence-electron chi connectivity index (χ1n) is 9.92. The molecular formula is C19H24F4N4O3S. The second-order valence-electron chi connectivity index (χ2n) is 7.87. The maximum atomic E-state index is 14.3. The number of halogens is 4. The van der Waals surface area contributed by atoms with Gasteiger partial charge in [0.25, 0.3) is 5.91 Å². The van der Waals surface area contributed by atoms with Crippen molar-refractivity contribution in [3.05, 3.63) is 40.6 Å². The molecule has 1 aliphatic carbocycles. The predicted octanol–water partition coefficient (Wildman–Crippen LogP) is 2.95. The molecule has 2 heterocycles. The van der Waals surface area contributed by atoms with Gasteiger partial charge in [-0.05, 0) is 44.1 Å². The molecule has 3 rings (SSSR count). The number of carbonyl (C=O) groups excluding carboxylic acids is 1. The Morgan fingerprint density at radius 3 is 2.55 bits per heavy atom. The number of nitrogens with one attached hydrogen (secondary N) is 1. The highest BCUT2D eigenvalue weighted by atomic mass is 32.2. The van der Waals surface area contributed by atoms with Crippen LogP contribution in [0.5, 0.6) is 0 Å². The molecule has 172 valence electrons. The van der Waals surface area contributed by atoms with Crippen LogP contribution in [-0.4, -0.2) is 54.0 Å². The van der Waals surface area contributed by atoms with E-state index >= 15 is 0 Å². The van der Waals surface area contributed by atoms with Crippen molar-refractivity contribution in [3.63, 3.8) is 0 Å². The summed E-state index contributed by atoms with van der Waals surface area (Å²) in [5.41, 5.74) is 4.75. The smallest absolute Gasteiger partial charge is 0.402 e. The third-order valence-electron chi connectivity index (χ3n) is 5.63. The second-order valence-corrected chi connectivity index (χ2v) is 10.2. The number of nitrogens with two attached hydrogens (primary N) is 1. The molecule has 0 unspecified atom stereocenters. The summed E-state index contributed by atoms with van der Waals surface area (Å²) in [5.74, 6) is -1.16. The van der Waals surface area contributed by atoms with Crippen molar-refractivity contribution in [1.82, 2.24) is 15.1 Å². The molecule has 3 N–H and O–H groups in total. The lowest BCUT2D eigenvalue weighted by atomic mass is 9.97. The monoisotopic (exact) mass is 464 g/mol. The number of amides is 1. The lowest BCUT2D eigenvalue weighted by molar-refractivity contribution is -0.141. The third-order valence-corrected chi connectivity index (χ3v) is 7.35. The van der Waals surface area contributed by atoms with Crippen LogP contribution < -0.4 is 5.73 Å². The zero-order valence-electron chi connectivity index (χ0n) is 16.7. The van der Waals surface area contributed by atoms with Gasteiger partial charge in [-0.15, -0.1) is 0 Å². The predicted molar refractivity (Wildman–Crippen MR) is 105 cm³/mol. The molecule has 1 amide bonds. The van der Waals surface area contributed by atoms with Gasteiger partial charge in [0.15, 0.2) is 5.69 Å². The fourth-order valence-electron chi connectivity index (χ4n) is 3.71. The zero-order chi connectivity index (χ0) is 22.8. The van der Waals surface area contributed by atoms with E-state index in [1.54, 1.807) is 5.10 Å². The van der Waals surface area contributed by atoms with Crippen molar-refractivity contribution < 1.29 is 30.8 Å². The Morgan fingerprint density at radius 1 is 1.29 bits per heavy atom. The second kappa shape index (κ2) is 9.01. The van der Waals surface area contributed by atoms with Gasteiger partial charge in [-0.1, -0.05) is 0 Å². The molecule has 0 atom stereocenters. The van der Waals surface area contributed by atoms with E-state index in [1.807, 2.05) is 0 Å². The number of aromatic nitrogens is 2. The van der Waals surface area contributed by atoms with E-state index in [0.29, 0.717) is 43.9 Å². The number of rotatable bonds is 6. The molecule has 0 bridgehead atoms. The van der Waals surface area contributed by atoms with Crippen LogP contribution in [0.2, 0.25) is 0 Å². The molecule has 7 nitrogen and oxygen atoms in total. The van der Waals surface area contributed by atoms with Crippen molar-refractivity contribution in [2.75, 3.05) is 24.6 Å². The van der Waals surface area contributed by atoms with Gasteiger partial charge < -0.3 is 10.6 Å². The third kappa shape index (κ3) is 5.86. The molecule has 1 saturated heterocycles. The van der Waals surface area contributed by atoms with E-state index in [0.717, 1.165) is 0 Å². The number of alkyl halides is 3. The number of hydrogen-bond donors (Lipinski definition) is 2. The number of H-pyrrole nitrogens is 1. The highest BCUT2D eigenvalue weighted by Crippen LogP contribution is 2.29. The fraction of sp³-hybridized carbons (Fsp3) is 0.579. The topological polar surface area (TPSA) is 109 Å². The maximum absolute atomic E-state index is 14.3. The summed E-state index contributed by atoms with van der Waals surface area (Å²) in [6.07, 6.45) is -1.14. The highest BCUT2D eigenvalue weighted by molar-refractivity contribution is 7.91. The molecule has 1 aromatic rings. The van der Waals surface area contributed by atoms with Crippen LogP contribution in [0.3, 0.4) is 0 Å². The van der Waals surface area contributed by atoms with Crippen molar-refractivity contribution in [2.24, 2.45) is 11.7 Å². The number of sulfone groups is 1. The molecule has 0 radical (unpaired) electrons. The lowest BCUT2D eigenvalue weighted by Gasteiger charge is -2.28. The molecule has 0 saturated carbocycles. The largest absolute Gasteiger partial charge is 0.432 e. The Bertz CT molecular complexity index is 984. The van der Waals surface area contributed by atoms with Gasteiger partial charge in [0, 0.05) is 23.9 Å². The van der Waals surface area contributed by atoms with Crippen molar-refractivity contribution in [3.8, 4) is 0 Å². The Morgan fingerprint density at radius 2 is 1.97 bits per heavy atom. The molecule has 1 aliphatic heterocycles. The molecule has 1 aromatic heterocycles. The SMILES string of the molecule is NC1=C(CN(CCC2CCS(=O)(=O)CC2)C(=O)c2cc(C(F)(F)F)[nH]n2)C(F)=CCC1. The van der Waals surface area contributed by atoms with Gasteiger partial charge >= 0.3 is 6.18 Å². The minimum absolute atomic E-state index is 0.0433. The minimum Gasteiger partial charge on any atom is -0.402 e. The van der Waals surface area contributed by atoms with E-state index in [4.69, 9.17) is 5.73 Å². The first-order chi connectivity index (χ1) is 14.5. The number of carbonyl (C=O) groups is 1. The van der Waals surface area contributed by atoms with Crippen molar-refractivity contribution in [2.45, 2.75) is 38.3 Å². The van der Waals surface area contributed by atoms with Crippen LogP contribution in [0.4, 0.5) is 17.6 Å². The number of allylic oxidation sites excluding steroid dienone is 2. The molecular weight excluding hydrogens is 440 g/mol. The van der Waals surface area contributed by atoms with Crippen LogP contribution in [0, 0.1) is 5.92 Å². The molecule has 12 heteroatoms. The summed E-state index contributed by atoms with van der Waals surface area (Å²) >= 11 is 0. The van der Waals surface area contributed by atoms with Crippen LogP contribution in [0.15, 0.2) is 29.2 Å². The summed E-state index contributed by atoms with van der Waals surface area (Å²) < 4.78 is 76.1. The number of nitrogens with zero attached hydrogens (tertiary/aromatic N) is 2. The highest BCUT2D eigenvalue weighted by Gasteiger charge is 2.35. The fourth-order valence-corrected chi connectivity index (χ4v) is 5.30. The molecule has 0 aromatic carbocycles. The number of aromatic amines is 1. The average Bonchev–Trinajstić information content (AvgIpc) is 3.18. The Labute approximate surface area is 177 Å². The average molecular weight is 464 g/mol. The summed E-state index contributed by atoms with van der Waals surface area (Å²) in [6, 6.07) is 0.618. The Kier molecular flexibility index (Phi) is 6.77. The van der Waals surface area contributed by atoms with Gasteiger partial charge in [0.1, 0.15) is 21.4 Å². The van der Waals surface area contributed by atoms with Gasteiger partial charge in [-0.2, -0.15) is 18.3 Å². The lowest BCUT2D eigenvalue weighted by Crippen LogP contribution is -2.37. The zero-order valence-corrected chi connectivity index (χ0v) is 17.5. The van der Waals surface area contributed by atoms with E-state index < -0.39 is 39.1 Å². The van der Waals surface area contributed by atoms with Crippen LogP contribution in [-0.2, 0) is 16.0 Å². The van der Waals surface area contributed by atoms with Crippen molar-refractivity contribution in [1.29, 1.82) is 0 Å². The van der Waals surface area contributed by atoms with Gasteiger partial charge in [0.2, 0.25) is 0 Å². The Balaban J connectivity index is 1.77. The maximum Gasteiger partial charge on any atom is 0.432 e. The molecule has 31 heavy (non-hydrogen) atoms. The van der Waals surface area contributed by atoms with Gasteiger partial charge in [0.05, 0.1) is 18.1 Å². The first-order valence-corrected chi connectivity index (χ1v) is 11.7. The Hall–Kier alpha value is -2.37. The minimum atomic E-state index is -4.69. The molecule has 0 spiro atoms. The van der Waals surface area contributed by atoms with E-state index in [9.17, 15) is 30.8 Å². The summed E-state index contributed by atoms with van der Waals surface area (Å²) in [7, 11) is -3.04. The van der Waals surface area contributed by atoms with E-state index in [1.165, 1.54) is 11.0 Å². The first kappa shape index (κ1) is 23.3. The van der Waals surface area contributed by atoms with E-state index in [-0.39, 0.29) is 36.1 Å². The number of hydrogen-bond acceptors (Lipinski definition) is 5. The van der Waals surface area contributed by atoms with Crippen LogP contribution in [0.1, 0.15) is 48.3 Å². The quantitative estimate of drug-likeness (QED) is 0.630. The molecule has 1 fully saturated rings. The van der Waals surface area contributed by atoms with Crippen LogP contribution >= 0.6 is 0 Å².